The van der Waals surface area contributed by atoms with Gasteiger partial charge in [-0.05, 0) is 31.0 Å². The predicted molar refractivity (Wildman–Crippen MR) is 89.9 cm³/mol. The lowest BCUT2D eigenvalue weighted by Gasteiger charge is -2.11. The molecule has 0 spiro atoms. The second-order valence-corrected chi connectivity index (χ2v) is 6.06. The Labute approximate surface area is 144 Å². The highest BCUT2D eigenvalue weighted by Gasteiger charge is 2.15. The minimum absolute atomic E-state index is 0.136. The maximum absolute atomic E-state index is 11.8. The normalized spacial score (nSPS) is 17.0. The highest BCUT2D eigenvalue weighted by Crippen LogP contribution is 2.25. The van der Waals surface area contributed by atoms with Crippen LogP contribution in [0.25, 0.3) is 0 Å². The maximum atomic E-state index is 11.8. The van der Waals surface area contributed by atoms with E-state index in [4.69, 9.17) is 27.9 Å². The Morgan fingerprint density at radius 2 is 2.04 bits per heavy atom. The monoisotopic (exact) mass is 359 g/mol. The van der Waals surface area contributed by atoms with Gasteiger partial charge in [-0.25, -0.2) is 0 Å². The topological polar surface area (TPSA) is 79.5 Å². The summed E-state index contributed by atoms with van der Waals surface area (Å²) >= 11 is 11.8. The Morgan fingerprint density at radius 3 is 2.78 bits per heavy atom. The highest BCUT2D eigenvalue weighted by atomic mass is 35.5. The molecule has 1 fully saturated rings. The standard InChI is InChI=1S/C15H19Cl2N3O3/c16-10-3-4-12(17)13(6-10)20-15(22)9-19-14(21)8-18-7-11-2-1-5-23-11/h3-4,6,11,18H,1-2,5,7-9H2,(H,19,21)(H,20,22). The first-order valence-electron chi connectivity index (χ1n) is 7.38. The first kappa shape index (κ1) is 18.0. The van der Waals surface area contributed by atoms with E-state index in [0.29, 0.717) is 22.3 Å². The Bertz CT molecular complexity index is 563. The number of rotatable bonds is 7. The average molecular weight is 360 g/mol. The molecule has 3 N–H and O–H groups in total. The fourth-order valence-electron chi connectivity index (χ4n) is 2.18. The van der Waals surface area contributed by atoms with Gasteiger partial charge in [-0.1, -0.05) is 23.2 Å². The molecule has 126 valence electrons. The van der Waals surface area contributed by atoms with Crippen LogP contribution in [-0.2, 0) is 14.3 Å². The van der Waals surface area contributed by atoms with Crippen molar-refractivity contribution in [2.24, 2.45) is 0 Å². The van der Waals surface area contributed by atoms with Crippen molar-refractivity contribution < 1.29 is 14.3 Å². The van der Waals surface area contributed by atoms with Crippen LogP contribution in [0.15, 0.2) is 18.2 Å². The molecule has 2 rings (SSSR count). The summed E-state index contributed by atoms with van der Waals surface area (Å²) in [7, 11) is 0. The number of benzene rings is 1. The van der Waals surface area contributed by atoms with Crippen LogP contribution in [-0.4, -0.2) is 44.2 Å². The van der Waals surface area contributed by atoms with Gasteiger partial charge in [0.1, 0.15) is 0 Å². The molecule has 1 heterocycles. The van der Waals surface area contributed by atoms with Gasteiger partial charge in [0.25, 0.3) is 0 Å². The fourth-order valence-corrected chi connectivity index (χ4v) is 2.52. The first-order valence-corrected chi connectivity index (χ1v) is 8.14. The van der Waals surface area contributed by atoms with Gasteiger partial charge >= 0.3 is 0 Å². The van der Waals surface area contributed by atoms with E-state index in [9.17, 15) is 9.59 Å². The summed E-state index contributed by atoms with van der Waals surface area (Å²) in [5.74, 6) is -0.628. The summed E-state index contributed by atoms with van der Waals surface area (Å²) in [6.45, 7) is 1.43. The molecule has 0 bridgehead atoms. The molecule has 0 radical (unpaired) electrons. The zero-order valence-electron chi connectivity index (χ0n) is 12.5. The number of ether oxygens (including phenoxy) is 1. The molecule has 8 heteroatoms. The van der Waals surface area contributed by atoms with Crippen molar-refractivity contribution in [1.29, 1.82) is 0 Å². The molecule has 1 aliphatic rings. The first-order chi connectivity index (χ1) is 11.0. The molecule has 1 unspecified atom stereocenters. The number of hydrogen-bond donors (Lipinski definition) is 3. The van der Waals surface area contributed by atoms with Crippen LogP contribution < -0.4 is 16.0 Å². The number of carbonyl (C=O) groups is 2. The van der Waals surface area contributed by atoms with Crippen LogP contribution in [0.2, 0.25) is 10.0 Å². The lowest BCUT2D eigenvalue weighted by Crippen LogP contribution is -2.40. The van der Waals surface area contributed by atoms with Gasteiger partial charge in [0.05, 0.1) is 29.9 Å². The Hall–Kier alpha value is -1.34. The molecule has 0 saturated carbocycles. The molecule has 6 nitrogen and oxygen atoms in total. The predicted octanol–water partition coefficient (Wildman–Crippen LogP) is 1.82. The van der Waals surface area contributed by atoms with Gasteiger partial charge in [0.2, 0.25) is 11.8 Å². The molecule has 0 aliphatic carbocycles. The number of anilines is 1. The minimum Gasteiger partial charge on any atom is -0.377 e. The van der Waals surface area contributed by atoms with Crippen LogP contribution in [0, 0.1) is 0 Å². The van der Waals surface area contributed by atoms with Crippen molar-refractivity contribution >= 4 is 40.7 Å². The van der Waals surface area contributed by atoms with Gasteiger partial charge in [0.15, 0.2) is 0 Å². The maximum Gasteiger partial charge on any atom is 0.243 e. The number of halogens is 2. The SMILES string of the molecule is O=C(CNCC1CCCO1)NCC(=O)Nc1cc(Cl)ccc1Cl. The van der Waals surface area contributed by atoms with Crippen molar-refractivity contribution in [3.05, 3.63) is 28.2 Å². The zero-order valence-corrected chi connectivity index (χ0v) is 14.0. The second-order valence-electron chi connectivity index (χ2n) is 5.22. The van der Waals surface area contributed by atoms with E-state index >= 15 is 0 Å². The van der Waals surface area contributed by atoms with Crippen LogP contribution in [0.4, 0.5) is 5.69 Å². The summed E-state index contributed by atoms with van der Waals surface area (Å²) in [5.41, 5.74) is 0.412. The largest absolute Gasteiger partial charge is 0.377 e. The van der Waals surface area contributed by atoms with Crippen molar-refractivity contribution in [3.8, 4) is 0 Å². The molecule has 2 amide bonds. The second kappa shape index (κ2) is 9.08. The summed E-state index contributed by atoms with van der Waals surface area (Å²) in [4.78, 5) is 23.4. The summed E-state index contributed by atoms with van der Waals surface area (Å²) < 4.78 is 5.44. The fraction of sp³-hybridized carbons (Fsp3) is 0.467. The van der Waals surface area contributed by atoms with Gasteiger partial charge < -0.3 is 20.7 Å². The number of amides is 2. The summed E-state index contributed by atoms with van der Waals surface area (Å²) in [5, 5.41) is 8.99. The van der Waals surface area contributed by atoms with Crippen LogP contribution in [0.1, 0.15) is 12.8 Å². The van der Waals surface area contributed by atoms with E-state index < -0.39 is 0 Å². The van der Waals surface area contributed by atoms with Crippen molar-refractivity contribution in [1.82, 2.24) is 10.6 Å². The van der Waals surface area contributed by atoms with Crippen molar-refractivity contribution in [3.63, 3.8) is 0 Å². The third kappa shape index (κ3) is 6.35. The average Bonchev–Trinajstić information content (AvgIpc) is 3.02. The number of hydrogen-bond acceptors (Lipinski definition) is 4. The van der Waals surface area contributed by atoms with Crippen molar-refractivity contribution in [2.45, 2.75) is 18.9 Å². The lowest BCUT2D eigenvalue weighted by molar-refractivity contribution is -0.123. The summed E-state index contributed by atoms with van der Waals surface area (Å²) in [6.07, 6.45) is 2.25. The van der Waals surface area contributed by atoms with E-state index in [1.807, 2.05) is 0 Å². The highest BCUT2D eigenvalue weighted by molar-refractivity contribution is 6.35. The third-order valence-electron chi connectivity index (χ3n) is 3.33. The van der Waals surface area contributed by atoms with E-state index in [-0.39, 0.29) is 31.0 Å². The van der Waals surface area contributed by atoms with E-state index in [1.54, 1.807) is 18.2 Å². The van der Waals surface area contributed by atoms with Crippen molar-refractivity contribution in [2.75, 3.05) is 31.6 Å². The quantitative estimate of drug-likeness (QED) is 0.693. The van der Waals surface area contributed by atoms with E-state index in [2.05, 4.69) is 16.0 Å². The van der Waals surface area contributed by atoms with Crippen LogP contribution in [0.3, 0.4) is 0 Å². The van der Waals surface area contributed by atoms with Crippen LogP contribution in [0.5, 0.6) is 0 Å². The number of nitrogens with one attached hydrogen (secondary N) is 3. The smallest absolute Gasteiger partial charge is 0.243 e. The minimum atomic E-state index is -0.373. The zero-order chi connectivity index (χ0) is 16.7. The molecule has 1 aromatic carbocycles. The Kier molecular flexibility index (Phi) is 7.11. The van der Waals surface area contributed by atoms with Gasteiger partial charge in [-0.2, -0.15) is 0 Å². The summed E-state index contributed by atoms with van der Waals surface area (Å²) in [6, 6.07) is 4.76. The lowest BCUT2D eigenvalue weighted by atomic mass is 10.2. The molecular weight excluding hydrogens is 341 g/mol. The Morgan fingerprint density at radius 1 is 1.22 bits per heavy atom. The molecular formula is C15H19Cl2N3O3. The van der Waals surface area contributed by atoms with Gasteiger partial charge in [-0.15, -0.1) is 0 Å². The molecule has 23 heavy (non-hydrogen) atoms. The van der Waals surface area contributed by atoms with E-state index in [1.165, 1.54) is 0 Å². The van der Waals surface area contributed by atoms with Gasteiger partial charge in [0, 0.05) is 18.2 Å². The Balaban J connectivity index is 1.65. The number of carbonyl (C=O) groups excluding carboxylic acids is 2. The van der Waals surface area contributed by atoms with E-state index in [0.717, 1.165) is 19.4 Å². The molecule has 1 aliphatic heterocycles. The van der Waals surface area contributed by atoms with Crippen LogP contribution >= 0.6 is 23.2 Å². The molecule has 0 aromatic heterocycles. The molecule has 1 atom stereocenters. The molecule has 1 aromatic rings. The molecule has 1 saturated heterocycles. The van der Waals surface area contributed by atoms with Gasteiger partial charge in [-0.3, -0.25) is 9.59 Å². The third-order valence-corrected chi connectivity index (χ3v) is 3.89.